The van der Waals surface area contributed by atoms with E-state index in [0.717, 1.165) is 74.5 Å². The van der Waals surface area contributed by atoms with E-state index < -0.39 is 5.76 Å². The molecule has 0 saturated heterocycles. The second-order valence-electron chi connectivity index (χ2n) is 9.12. The Kier molecular flexibility index (Phi) is 5.33. The number of allylic oxidation sites excluding steroid dienone is 1. The van der Waals surface area contributed by atoms with Crippen molar-refractivity contribution in [3.8, 4) is 11.4 Å². The third-order valence-electron chi connectivity index (χ3n) is 6.76. The summed E-state index contributed by atoms with van der Waals surface area (Å²) in [5.41, 5.74) is 9.05. The first-order valence-corrected chi connectivity index (χ1v) is 12.1. The Morgan fingerprint density at radius 3 is 2.78 bits per heavy atom. The molecule has 7 heteroatoms. The molecule has 3 aromatic carbocycles. The highest BCUT2D eigenvalue weighted by molar-refractivity contribution is 6.00. The molecule has 0 spiro atoms. The molecule has 1 N–H and O–H groups in total. The summed E-state index contributed by atoms with van der Waals surface area (Å²) in [6.45, 7) is 6.60. The smallest absolute Gasteiger partial charge is 0.439 e. The van der Waals surface area contributed by atoms with Crippen LogP contribution in [0.2, 0.25) is 0 Å². The molecule has 0 atom stereocenters. The molecule has 0 aliphatic carbocycles. The second-order valence-corrected chi connectivity index (χ2v) is 9.12. The lowest BCUT2D eigenvalue weighted by Crippen LogP contribution is -2.04. The summed E-state index contributed by atoms with van der Waals surface area (Å²) in [7, 11) is 0. The van der Waals surface area contributed by atoms with Crippen LogP contribution in [0.1, 0.15) is 54.2 Å². The van der Waals surface area contributed by atoms with Crippen LogP contribution in [0.25, 0.3) is 27.9 Å². The van der Waals surface area contributed by atoms with E-state index >= 15 is 0 Å². The van der Waals surface area contributed by atoms with E-state index in [1.165, 1.54) is 0 Å². The zero-order valence-corrected chi connectivity index (χ0v) is 20.5. The summed E-state index contributed by atoms with van der Waals surface area (Å²) >= 11 is 0. The molecule has 0 radical (unpaired) electrons. The second kappa shape index (κ2) is 8.68. The van der Waals surface area contributed by atoms with Crippen molar-refractivity contribution in [1.82, 2.24) is 19.7 Å². The fourth-order valence-electron chi connectivity index (χ4n) is 5.11. The van der Waals surface area contributed by atoms with Gasteiger partial charge in [-0.05, 0) is 72.9 Å². The van der Waals surface area contributed by atoms with E-state index in [2.05, 4.69) is 65.0 Å². The molecule has 0 saturated carbocycles. The highest BCUT2D eigenvalue weighted by Gasteiger charge is 2.25. The molecule has 3 heterocycles. The number of rotatable bonds is 4. The minimum absolute atomic E-state index is 0.409. The van der Waals surface area contributed by atoms with Crippen molar-refractivity contribution in [2.24, 2.45) is 0 Å². The van der Waals surface area contributed by atoms with E-state index in [9.17, 15) is 4.79 Å². The van der Waals surface area contributed by atoms with Crippen LogP contribution in [0.5, 0.6) is 5.75 Å². The largest absolute Gasteiger partial charge is 0.488 e. The van der Waals surface area contributed by atoms with E-state index in [-0.39, 0.29) is 0 Å². The molecule has 6 rings (SSSR count). The van der Waals surface area contributed by atoms with Gasteiger partial charge in [-0.15, -0.1) is 0 Å². The predicted octanol–water partition coefficient (Wildman–Crippen LogP) is 5.83. The zero-order valence-electron chi connectivity index (χ0n) is 20.5. The number of aromatic amines is 1. The summed E-state index contributed by atoms with van der Waals surface area (Å²) in [4.78, 5) is 19.3. The van der Waals surface area contributed by atoms with Gasteiger partial charge in [-0.1, -0.05) is 42.4 Å². The number of imidazole rings is 1. The maximum absolute atomic E-state index is 11.7. The van der Waals surface area contributed by atoms with Gasteiger partial charge in [-0.2, -0.15) is 0 Å². The SMILES string of the molecule is CCCc1nc2ccccc2n1-c1ccc2c(c1)COc1cccc(C)c1/C2=C(/C)c1noc(=O)[nH]1. The Bertz CT molecular complexity index is 1700. The number of benzene rings is 3. The molecule has 0 bridgehead atoms. The minimum Gasteiger partial charge on any atom is -0.488 e. The number of aryl methyl sites for hydroxylation is 2. The van der Waals surface area contributed by atoms with Gasteiger partial charge in [-0.25, -0.2) is 9.78 Å². The van der Waals surface area contributed by atoms with Crippen molar-refractivity contribution < 1.29 is 9.26 Å². The average molecular weight is 479 g/mol. The number of hydrogen-bond acceptors (Lipinski definition) is 5. The van der Waals surface area contributed by atoms with E-state index in [1.54, 1.807) is 0 Å². The number of nitrogens with zero attached hydrogens (tertiary/aromatic N) is 3. The summed E-state index contributed by atoms with van der Waals surface area (Å²) < 4.78 is 13.4. The highest BCUT2D eigenvalue weighted by atomic mass is 16.5. The molecule has 180 valence electrons. The quantitative estimate of drug-likeness (QED) is 0.351. The standard InChI is InChI=1S/C29H26N4O3/c1-4-8-25-30-22-10-5-6-11-23(22)33(25)20-13-14-21-19(15-20)16-35-24-12-7-9-17(2)26(24)27(21)18(3)28-31-29(34)36-32-28/h5-7,9-15H,4,8,16H2,1-3H3,(H,31,32,34)/b27-18-. The zero-order chi connectivity index (χ0) is 24.8. The molecule has 1 aliphatic heterocycles. The summed E-state index contributed by atoms with van der Waals surface area (Å²) in [6.07, 6.45) is 1.89. The topological polar surface area (TPSA) is 85.9 Å². The number of hydrogen-bond donors (Lipinski definition) is 1. The van der Waals surface area contributed by atoms with Gasteiger partial charge in [0.15, 0.2) is 5.82 Å². The first kappa shape index (κ1) is 22.1. The van der Waals surface area contributed by atoms with Crippen LogP contribution >= 0.6 is 0 Å². The molecule has 7 nitrogen and oxygen atoms in total. The van der Waals surface area contributed by atoms with Gasteiger partial charge in [0.2, 0.25) is 0 Å². The summed E-state index contributed by atoms with van der Waals surface area (Å²) in [5.74, 6) is 1.67. The maximum Gasteiger partial charge on any atom is 0.439 e. The molecule has 36 heavy (non-hydrogen) atoms. The van der Waals surface area contributed by atoms with Crippen molar-refractivity contribution in [2.45, 2.75) is 40.2 Å². The molecule has 0 fully saturated rings. The minimum atomic E-state index is -0.578. The van der Waals surface area contributed by atoms with Crippen LogP contribution in [0.4, 0.5) is 0 Å². The lowest BCUT2D eigenvalue weighted by atomic mass is 9.88. The molecular formula is C29H26N4O3. The van der Waals surface area contributed by atoms with Crippen LogP contribution in [-0.4, -0.2) is 19.7 Å². The fourth-order valence-corrected chi connectivity index (χ4v) is 5.11. The van der Waals surface area contributed by atoms with Crippen LogP contribution in [-0.2, 0) is 13.0 Å². The number of nitrogens with one attached hydrogen (secondary N) is 1. The first-order valence-electron chi connectivity index (χ1n) is 12.1. The number of H-pyrrole nitrogens is 1. The lowest BCUT2D eigenvalue weighted by molar-refractivity contribution is 0.307. The highest BCUT2D eigenvalue weighted by Crippen LogP contribution is 2.42. The number of fused-ring (bicyclic) bond motifs is 3. The average Bonchev–Trinajstić information content (AvgIpc) is 3.43. The Morgan fingerprint density at radius 2 is 1.97 bits per heavy atom. The van der Waals surface area contributed by atoms with Gasteiger partial charge in [0.25, 0.3) is 0 Å². The summed E-state index contributed by atoms with van der Waals surface area (Å²) in [5, 5.41) is 3.97. The van der Waals surface area contributed by atoms with E-state index in [1.807, 2.05) is 31.2 Å². The van der Waals surface area contributed by atoms with Crippen LogP contribution < -0.4 is 10.5 Å². The Balaban J connectivity index is 1.60. The van der Waals surface area contributed by atoms with Gasteiger partial charge in [0.05, 0.1) is 11.0 Å². The van der Waals surface area contributed by atoms with Gasteiger partial charge in [0, 0.05) is 23.2 Å². The van der Waals surface area contributed by atoms with E-state index in [4.69, 9.17) is 14.2 Å². The maximum atomic E-state index is 11.7. The van der Waals surface area contributed by atoms with Crippen molar-refractivity contribution in [2.75, 3.05) is 0 Å². The van der Waals surface area contributed by atoms with Gasteiger partial charge < -0.3 is 4.74 Å². The van der Waals surface area contributed by atoms with Crippen LogP contribution in [0, 0.1) is 6.92 Å². The fraction of sp³-hybridized carbons (Fsp3) is 0.207. The summed E-state index contributed by atoms with van der Waals surface area (Å²) in [6, 6.07) is 20.7. The number of aromatic nitrogens is 4. The van der Waals surface area contributed by atoms with Crippen molar-refractivity contribution >= 4 is 22.2 Å². The molecule has 1 aliphatic rings. The third-order valence-corrected chi connectivity index (χ3v) is 6.76. The molecule has 0 amide bonds. The Labute approximate surface area is 208 Å². The first-order chi connectivity index (χ1) is 17.5. The lowest BCUT2D eigenvalue weighted by Gasteiger charge is -2.17. The third kappa shape index (κ3) is 3.55. The Hall–Kier alpha value is -4.39. The molecule has 5 aromatic rings. The van der Waals surface area contributed by atoms with Crippen molar-refractivity contribution in [3.05, 3.63) is 105 Å². The van der Waals surface area contributed by atoms with Gasteiger partial charge >= 0.3 is 5.76 Å². The number of ether oxygens (including phenoxy) is 1. The van der Waals surface area contributed by atoms with Crippen LogP contribution in [0.3, 0.4) is 0 Å². The van der Waals surface area contributed by atoms with Crippen LogP contribution in [0.15, 0.2) is 70.0 Å². The molecular weight excluding hydrogens is 452 g/mol. The van der Waals surface area contributed by atoms with Gasteiger partial charge in [0.1, 0.15) is 18.2 Å². The van der Waals surface area contributed by atoms with E-state index in [0.29, 0.717) is 12.4 Å². The predicted molar refractivity (Wildman–Crippen MR) is 139 cm³/mol. The van der Waals surface area contributed by atoms with Crippen molar-refractivity contribution in [1.29, 1.82) is 0 Å². The molecule has 2 aromatic heterocycles. The molecule has 0 unspecified atom stereocenters. The number of para-hydroxylation sites is 2. The van der Waals surface area contributed by atoms with Crippen molar-refractivity contribution in [3.63, 3.8) is 0 Å². The Morgan fingerprint density at radius 1 is 1.11 bits per heavy atom. The normalized spacial score (nSPS) is 14.2. The van der Waals surface area contributed by atoms with Gasteiger partial charge in [-0.3, -0.25) is 14.1 Å². The monoisotopic (exact) mass is 478 g/mol.